The van der Waals surface area contributed by atoms with Crippen molar-refractivity contribution < 1.29 is 19.8 Å². The van der Waals surface area contributed by atoms with Crippen molar-refractivity contribution in [1.82, 2.24) is 14.8 Å². The van der Waals surface area contributed by atoms with E-state index in [0.29, 0.717) is 20.8 Å². The molecule has 170 valence electrons. The number of nitrogens with zero attached hydrogens (tertiary/aromatic N) is 6. The van der Waals surface area contributed by atoms with E-state index < -0.39 is 17.4 Å². The molecule has 11 nitrogen and oxygen atoms in total. The van der Waals surface area contributed by atoms with Gasteiger partial charge in [-0.3, -0.25) is 9.69 Å². The van der Waals surface area contributed by atoms with Crippen molar-refractivity contribution in [2.75, 3.05) is 12.8 Å². The SMILES string of the molecule is CN1N=C(Sc2ccc(C(=O)O)c(C(=O)O)c2)SC1N=Nc1c(C(C)(C)C)nn(C)c1N. The van der Waals surface area contributed by atoms with Gasteiger partial charge in [0.2, 0.25) is 5.50 Å². The van der Waals surface area contributed by atoms with E-state index in [4.69, 9.17) is 10.8 Å². The number of nitrogens with two attached hydrogens (primary N) is 1. The predicted molar refractivity (Wildman–Crippen MR) is 124 cm³/mol. The Bertz CT molecular complexity index is 1140. The van der Waals surface area contributed by atoms with Crippen LogP contribution in [0, 0.1) is 0 Å². The second kappa shape index (κ2) is 8.82. The van der Waals surface area contributed by atoms with Crippen LogP contribution >= 0.6 is 23.5 Å². The monoisotopic (exact) mass is 477 g/mol. The maximum absolute atomic E-state index is 11.4. The fraction of sp³-hybridized carbons (Fsp3) is 0.368. The number of carboxylic acids is 2. The average molecular weight is 478 g/mol. The van der Waals surface area contributed by atoms with Gasteiger partial charge in [0.1, 0.15) is 5.82 Å². The van der Waals surface area contributed by atoms with Gasteiger partial charge in [-0.2, -0.15) is 10.2 Å². The lowest BCUT2D eigenvalue weighted by atomic mass is 9.91. The highest BCUT2D eigenvalue weighted by Crippen LogP contribution is 2.39. The number of hydrogen-bond donors (Lipinski definition) is 3. The first kappa shape index (κ1) is 23.6. The molecule has 2 aromatic rings. The summed E-state index contributed by atoms with van der Waals surface area (Å²) in [5.74, 6) is -2.19. The van der Waals surface area contributed by atoms with Gasteiger partial charge in [-0.15, -0.1) is 10.2 Å². The van der Waals surface area contributed by atoms with Crippen LogP contribution in [0.15, 0.2) is 38.4 Å². The Balaban J connectivity index is 1.77. The van der Waals surface area contributed by atoms with Gasteiger partial charge in [-0.25, -0.2) is 9.59 Å². The van der Waals surface area contributed by atoms with Crippen LogP contribution < -0.4 is 5.73 Å². The second-order valence-electron chi connectivity index (χ2n) is 7.98. The number of benzene rings is 1. The lowest BCUT2D eigenvalue weighted by Crippen LogP contribution is -2.16. The summed E-state index contributed by atoms with van der Waals surface area (Å²) < 4.78 is 2.19. The summed E-state index contributed by atoms with van der Waals surface area (Å²) >= 11 is 2.55. The first-order chi connectivity index (χ1) is 14.9. The molecule has 0 fully saturated rings. The molecular weight excluding hydrogens is 454 g/mol. The minimum atomic E-state index is -1.31. The zero-order chi connectivity index (χ0) is 23.8. The molecule has 1 aliphatic rings. The molecule has 1 aromatic carbocycles. The molecule has 1 aromatic heterocycles. The number of hydrazone groups is 1. The summed E-state index contributed by atoms with van der Waals surface area (Å²) in [4.78, 5) is 23.2. The van der Waals surface area contributed by atoms with Crippen LogP contribution in [0.1, 0.15) is 47.2 Å². The molecule has 0 saturated carbocycles. The molecular formula is C19H23N7O4S2. The standard InChI is InChI=1S/C19H23N7O4S2/c1-19(2,3)13-12(14(20)25(4)23-13)21-22-17-26(5)24-18(32-17)31-9-6-7-10(15(27)28)11(8-9)16(29)30/h6-8,17H,20H2,1-5H3,(H,27,28)(H,29,30). The van der Waals surface area contributed by atoms with Gasteiger partial charge in [0.25, 0.3) is 0 Å². The van der Waals surface area contributed by atoms with Crippen molar-refractivity contribution in [1.29, 1.82) is 0 Å². The number of nitrogen functional groups attached to an aromatic ring is 1. The summed E-state index contributed by atoms with van der Waals surface area (Å²) in [5, 5.41) is 37.7. The molecule has 32 heavy (non-hydrogen) atoms. The first-order valence-corrected chi connectivity index (χ1v) is 11.1. The number of hydrogen-bond acceptors (Lipinski definition) is 10. The van der Waals surface area contributed by atoms with Crippen LogP contribution in [0.4, 0.5) is 11.5 Å². The largest absolute Gasteiger partial charge is 0.478 e. The lowest BCUT2D eigenvalue weighted by molar-refractivity contribution is 0.0651. The third kappa shape index (κ3) is 4.88. The van der Waals surface area contributed by atoms with Crippen LogP contribution in [-0.2, 0) is 12.5 Å². The number of thioether (sulfide) groups is 2. The van der Waals surface area contributed by atoms with Crippen molar-refractivity contribution in [3.8, 4) is 0 Å². The molecule has 0 saturated heterocycles. The summed E-state index contributed by atoms with van der Waals surface area (Å²) in [6, 6.07) is 4.14. The second-order valence-corrected chi connectivity index (χ2v) is 10.3. The number of aromatic nitrogens is 2. The highest BCUT2D eigenvalue weighted by atomic mass is 32.2. The fourth-order valence-corrected chi connectivity index (χ4v) is 4.87. The molecule has 1 unspecified atom stereocenters. The van der Waals surface area contributed by atoms with Crippen LogP contribution in [0.3, 0.4) is 0 Å². The van der Waals surface area contributed by atoms with E-state index in [1.54, 1.807) is 29.9 Å². The van der Waals surface area contributed by atoms with Gasteiger partial charge in [-0.1, -0.05) is 32.5 Å². The van der Waals surface area contributed by atoms with Crippen LogP contribution in [0.2, 0.25) is 0 Å². The molecule has 2 heterocycles. The Morgan fingerprint density at radius 3 is 2.44 bits per heavy atom. The molecule has 0 amide bonds. The van der Waals surface area contributed by atoms with Gasteiger partial charge >= 0.3 is 11.9 Å². The Kier molecular flexibility index (Phi) is 6.51. The number of rotatable bonds is 5. The predicted octanol–water partition coefficient (Wildman–Crippen LogP) is 3.81. The van der Waals surface area contributed by atoms with Crippen LogP contribution in [-0.4, -0.2) is 53.9 Å². The molecule has 0 spiro atoms. The smallest absolute Gasteiger partial charge is 0.336 e. The van der Waals surface area contributed by atoms with E-state index in [-0.39, 0.29) is 16.5 Å². The van der Waals surface area contributed by atoms with Gasteiger partial charge < -0.3 is 15.9 Å². The van der Waals surface area contributed by atoms with Crippen molar-refractivity contribution >= 4 is 51.3 Å². The molecule has 0 aliphatic carbocycles. The number of azo groups is 1. The normalized spacial score (nSPS) is 16.6. The molecule has 4 N–H and O–H groups in total. The fourth-order valence-electron chi connectivity index (χ4n) is 2.80. The van der Waals surface area contributed by atoms with Crippen LogP contribution in [0.25, 0.3) is 0 Å². The third-order valence-electron chi connectivity index (χ3n) is 4.45. The van der Waals surface area contributed by atoms with Gasteiger partial charge in [0.05, 0.1) is 16.8 Å². The summed E-state index contributed by atoms with van der Waals surface area (Å²) in [6.07, 6.45) is 0. The summed E-state index contributed by atoms with van der Waals surface area (Å²) in [5.41, 5.74) is 6.13. The summed E-state index contributed by atoms with van der Waals surface area (Å²) in [6.45, 7) is 6.05. The molecule has 0 bridgehead atoms. The van der Waals surface area contributed by atoms with Crippen molar-refractivity contribution in [3.05, 3.63) is 35.0 Å². The minimum Gasteiger partial charge on any atom is -0.478 e. The van der Waals surface area contributed by atoms with E-state index >= 15 is 0 Å². The number of aromatic carboxylic acids is 2. The molecule has 13 heteroatoms. The van der Waals surface area contributed by atoms with Gasteiger partial charge in [0, 0.05) is 24.4 Å². The molecule has 1 atom stereocenters. The highest BCUT2D eigenvalue weighted by molar-refractivity contribution is 8.39. The topological polar surface area (TPSA) is 159 Å². The first-order valence-electron chi connectivity index (χ1n) is 9.39. The Morgan fingerprint density at radius 1 is 1.19 bits per heavy atom. The quantitative estimate of drug-likeness (QED) is 0.544. The van der Waals surface area contributed by atoms with E-state index in [1.165, 1.54) is 35.7 Å². The number of anilines is 1. The third-order valence-corrected chi connectivity index (χ3v) is 6.63. The van der Waals surface area contributed by atoms with Gasteiger partial charge in [0.15, 0.2) is 10.1 Å². The van der Waals surface area contributed by atoms with E-state index in [9.17, 15) is 14.7 Å². The van der Waals surface area contributed by atoms with Gasteiger partial charge in [-0.05, 0) is 30.0 Å². The average Bonchev–Trinajstić information content (AvgIpc) is 3.18. The maximum Gasteiger partial charge on any atom is 0.336 e. The molecule has 0 radical (unpaired) electrons. The zero-order valence-corrected chi connectivity index (χ0v) is 19.7. The lowest BCUT2D eigenvalue weighted by Gasteiger charge is -2.16. The number of aryl methyl sites for hydroxylation is 1. The summed E-state index contributed by atoms with van der Waals surface area (Å²) in [7, 11) is 3.50. The highest BCUT2D eigenvalue weighted by Gasteiger charge is 2.28. The van der Waals surface area contributed by atoms with E-state index in [0.717, 1.165) is 5.69 Å². The molecule has 3 rings (SSSR count). The van der Waals surface area contributed by atoms with Crippen molar-refractivity contribution in [2.45, 2.75) is 36.6 Å². The van der Waals surface area contributed by atoms with Crippen molar-refractivity contribution in [3.63, 3.8) is 0 Å². The minimum absolute atomic E-state index is 0.264. The van der Waals surface area contributed by atoms with E-state index in [1.807, 2.05) is 20.8 Å². The Hall–Kier alpha value is -3.06. The van der Waals surface area contributed by atoms with E-state index in [2.05, 4.69) is 20.4 Å². The zero-order valence-electron chi connectivity index (χ0n) is 18.1. The number of carboxylic acid groups (broad SMARTS) is 2. The maximum atomic E-state index is 11.4. The Morgan fingerprint density at radius 2 is 1.84 bits per heavy atom. The molecule has 1 aliphatic heterocycles. The number of carbonyl (C=O) groups is 2. The van der Waals surface area contributed by atoms with Crippen molar-refractivity contribution in [2.24, 2.45) is 22.4 Å². The van der Waals surface area contributed by atoms with Crippen LogP contribution in [0.5, 0.6) is 0 Å². The Labute approximate surface area is 192 Å².